The Hall–Kier alpha value is -1.79. The zero-order valence-corrected chi connectivity index (χ0v) is 15.5. The summed E-state index contributed by atoms with van der Waals surface area (Å²) in [4.78, 5) is 12.2. The normalized spacial score (nSPS) is 25.7. The van der Waals surface area contributed by atoms with Crippen LogP contribution in [0.2, 0.25) is 0 Å². The van der Waals surface area contributed by atoms with Gasteiger partial charge < -0.3 is 15.0 Å². The smallest absolute Gasteiger partial charge is 0.193 e. The number of hydrogen-bond donors (Lipinski definition) is 1. The standard InChI is InChI=1S/C19H31N5O/c1-3-20-19(21-15-17-16-23-9-11-24(17)12-10-23)22(2)13-14-25-18-7-5-4-6-8-18/h4-8,17H,3,9-16H2,1-2H3,(H,20,21). The van der Waals surface area contributed by atoms with Crippen molar-refractivity contribution in [2.45, 2.75) is 13.0 Å². The highest BCUT2D eigenvalue weighted by Crippen LogP contribution is 2.15. The van der Waals surface area contributed by atoms with Crippen LogP contribution in [0, 0.1) is 0 Å². The van der Waals surface area contributed by atoms with Crippen LogP contribution in [0.1, 0.15) is 6.92 Å². The predicted molar refractivity (Wildman–Crippen MR) is 102 cm³/mol. The molecule has 1 unspecified atom stereocenters. The van der Waals surface area contributed by atoms with Crippen molar-refractivity contribution in [3.05, 3.63) is 30.3 Å². The Labute approximate surface area is 151 Å². The van der Waals surface area contributed by atoms with Crippen LogP contribution in [0.4, 0.5) is 0 Å². The Morgan fingerprint density at radius 3 is 2.64 bits per heavy atom. The molecule has 1 aromatic carbocycles. The first-order valence-corrected chi connectivity index (χ1v) is 9.40. The van der Waals surface area contributed by atoms with E-state index in [1.54, 1.807) is 0 Å². The predicted octanol–water partition coefficient (Wildman–Crippen LogP) is 0.963. The molecule has 3 heterocycles. The number of nitrogens with zero attached hydrogens (tertiary/aromatic N) is 4. The number of likely N-dealkylation sites (N-methyl/N-ethyl adjacent to an activating group) is 1. The van der Waals surface area contributed by atoms with Crippen molar-refractivity contribution >= 4 is 5.96 Å². The van der Waals surface area contributed by atoms with Crippen LogP contribution in [-0.4, -0.2) is 92.7 Å². The summed E-state index contributed by atoms with van der Waals surface area (Å²) in [7, 11) is 2.08. The Kier molecular flexibility index (Phi) is 6.53. The number of fused-ring (bicyclic) bond motifs is 3. The second-order valence-corrected chi connectivity index (χ2v) is 6.77. The van der Waals surface area contributed by atoms with Gasteiger partial charge in [-0.1, -0.05) is 18.2 Å². The van der Waals surface area contributed by atoms with Gasteiger partial charge in [-0.25, -0.2) is 0 Å². The number of nitrogens with one attached hydrogen (secondary N) is 1. The van der Waals surface area contributed by atoms with Gasteiger partial charge in [0.15, 0.2) is 5.96 Å². The molecule has 0 saturated carbocycles. The Morgan fingerprint density at radius 2 is 2.00 bits per heavy atom. The first-order valence-electron chi connectivity index (χ1n) is 9.40. The molecule has 4 rings (SSSR count). The molecular weight excluding hydrogens is 314 g/mol. The Bertz CT molecular complexity index is 542. The molecular formula is C19H31N5O. The van der Waals surface area contributed by atoms with Crippen molar-refractivity contribution in [3.63, 3.8) is 0 Å². The molecule has 0 aromatic heterocycles. The molecule has 0 spiro atoms. The summed E-state index contributed by atoms with van der Waals surface area (Å²) in [5.41, 5.74) is 0. The highest BCUT2D eigenvalue weighted by molar-refractivity contribution is 5.79. The van der Waals surface area contributed by atoms with Crippen molar-refractivity contribution in [2.24, 2.45) is 4.99 Å². The first kappa shape index (κ1) is 18.0. The lowest BCUT2D eigenvalue weighted by atomic mass is 10.1. The third-order valence-electron chi connectivity index (χ3n) is 4.98. The Morgan fingerprint density at radius 1 is 1.24 bits per heavy atom. The lowest BCUT2D eigenvalue weighted by molar-refractivity contribution is 0.0173. The summed E-state index contributed by atoms with van der Waals surface area (Å²) in [6, 6.07) is 10.5. The van der Waals surface area contributed by atoms with E-state index >= 15 is 0 Å². The topological polar surface area (TPSA) is 43.3 Å². The van der Waals surface area contributed by atoms with E-state index in [9.17, 15) is 0 Å². The molecule has 3 saturated heterocycles. The number of hydrogen-bond acceptors (Lipinski definition) is 4. The minimum absolute atomic E-state index is 0.560. The summed E-state index contributed by atoms with van der Waals surface area (Å²) in [6.07, 6.45) is 0. The van der Waals surface area contributed by atoms with E-state index < -0.39 is 0 Å². The molecule has 25 heavy (non-hydrogen) atoms. The average molecular weight is 345 g/mol. The van der Waals surface area contributed by atoms with Crippen LogP contribution >= 0.6 is 0 Å². The zero-order valence-electron chi connectivity index (χ0n) is 15.5. The molecule has 6 nitrogen and oxygen atoms in total. The summed E-state index contributed by atoms with van der Waals surface area (Å²) in [5, 5.41) is 3.40. The highest BCUT2D eigenvalue weighted by atomic mass is 16.5. The largest absolute Gasteiger partial charge is 0.492 e. The Balaban J connectivity index is 1.48. The summed E-state index contributed by atoms with van der Waals surface area (Å²) >= 11 is 0. The van der Waals surface area contributed by atoms with Crippen molar-refractivity contribution in [1.29, 1.82) is 0 Å². The average Bonchev–Trinajstić information content (AvgIpc) is 2.67. The van der Waals surface area contributed by atoms with Crippen LogP contribution in [0.5, 0.6) is 5.75 Å². The fourth-order valence-electron chi connectivity index (χ4n) is 3.48. The monoisotopic (exact) mass is 345 g/mol. The molecule has 1 aromatic rings. The van der Waals surface area contributed by atoms with Gasteiger partial charge in [-0.05, 0) is 19.1 Å². The summed E-state index contributed by atoms with van der Waals surface area (Å²) < 4.78 is 5.80. The molecule has 3 aliphatic heterocycles. The molecule has 0 aliphatic carbocycles. The maximum Gasteiger partial charge on any atom is 0.193 e. The third-order valence-corrected chi connectivity index (χ3v) is 4.98. The quantitative estimate of drug-likeness (QED) is 0.589. The van der Waals surface area contributed by atoms with Gasteiger partial charge >= 0.3 is 0 Å². The lowest BCUT2D eigenvalue weighted by Crippen LogP contribution is -2.62. The number of ether oxygens (including phenoxy) is 1. The van der Waals surface area contributed by atoms with Crippen LogP contribution in [-0.2, 0) is 0 Å². The van der Waals surface area contributed by atoms with Crippen LogP contribution in [0.3, 0.4) is 0 Å². The summed E-state index contributed by atoms with van der Waals surface area (Å²) in [5.74, 6) is 1.88. The first-order chi connectivity index (χ1) is 12.3. The number of guanidine groups is 1. The molecule has 0 amide bonds. The number of para-hydroxylation sites is 1. The molecule has 138 valence electrons. The van der Waals surface area contributed by atoms with Crippen molar-refractivity contribution in [2.75, 3.05) is 66.0 Å². The van der Waals surface area contributed by atoms with E-state index in [0.29, 0.717) is 12.6 Å². The SMILES string of the molecule is CCNC(=NCC1CN2CCN1CC2)N(C)CCOc1ccccc1. The van der Waals surface area contributed by atoms with Crippen molar-refractivity contribution in [3.8, 4) is 5.75 Å². The maximum absolute atomic E-state index is 5.80. The fourth-order valence-corrected chi connectivity index (χ4v) is 3.48. The number of benzene rings is 1. The number of piperazine rings is 3. The number of aliphatic imine (C=N–C) groups is 1. The molecule has 0 radical (unpaired) electrons. The van der Waals surface area contributed by atoms with Gasteiger partial charge in [-0.3, -0.25) is 14.8 Å². The fraction of sp³-hybridized carbons (Fsp3) is 0.632. The summed E-state index contributed by atoms with van der Waals surface area (Å²) in [6.45, 7) is 11.3. The lowest BCUT2D eigenvalue weighted by Gasteiger charge is -2.47. The maximum atomic E-state index is 5.80. The molecule has 1 atom stereocenters. The van der Waals surface area contributed by atoms with Crippen LogP contribution in [0.25, 0.3) is 0 Å². The van der Waals surface area contributed by atoms with E-state index in [0.717, 1.165) is 37.9 Å². The minimum atomic E-state index is 0.560. The van der Waals surface area contributed by atoms with E-state index in [-0.39, 0.29) is 0 Å². The third kappa shape index (κ3) is 5.09. The molecule has 6 heteroatoms. The van der Waals surface area contributed by atoms with E-state index in [1.165, 1.54) is 26.2 Å². The van der Waals surface area contributed by atoms with Gasteiger partial charge in [0.25, 0.3) is 0 Å². The van der Waals surface area contributed by atoms with Gasteiger partial charge in [-0.15, -0.1) is 0 Å². The van der Waals surface area contributed by atoms with Crippen LogP contribution in [0.15, 0.2) is 35.3 Å². The minimum Gasteiger partial charge on any atom is -0.492 e. The van der Waals surface area contributed by atoms with Gasteiger partial charge in [0.1, 0.15) is 12.4 Å². The van der Waals surface area contributed by atoms with Crippen LogP contribution < -0.4 is 10.1 Å². The molecule has 1 N–H and O–H groups in total. The van der Waals surface area contributed by atoms with E-state index in [2.05, 4.69) is 34.0 Å². The van der Waals surface area contributed by atoms with Gasteiger partial charge in [0.2, 0.25) is 0 Å². The zero-order chi connectivity index (χ0) is 17.5. The van der Waals surface area contributed by atoms with E-state index in [4.69, 9.17) is 9.73 Å². The van der Waals surface area contributed by atoms with Crippen molar-refractivity contribution in [1.82, 2.24) is 20.0 Å². The second-order valence-electron chi connectivity index (χ2n) is 6.77. The number of rotatable bonds is 7. The molecule has 3 fully saturated rings. The van der Waals surface area contributed by atoms with Crippen molar-refractivity contribution < 1.29 is 4.74 Å². The van der Waals surface area contributed by atoms with Gasteiger partial charge in [-0.2, -0.15) is 0 Å². The second kappa shape index (κ2) is 9.06. The van der Waals surface area contributed by atoms with Gasteiger partial charge in [0.05, 0.1) is 13.1 Å². The van der Waals surface area contributed by atoms with E-state index in [1.807, 2.05) is 30.3 Å². The van der Waals surface area contributed by atoms with Gasteiger partial charge in [0, 0.05) is 52.4 Å². The molecule has 2 bridgehead atoms. The highest BCUT2D eigenvalue weighted by Gasteiger charge is 2.31. The molecule has 3 aliphatic rings.